The van der Waals surface area contributed by atoms with E-state index in [4.69, 9.17) is 9.47 Å². The van der Waals surface area contributed by atoms with Crippen molar-refractivity contribution < 1.29 is 22.7 Å². The lowest BCUT2D eigenvalue weighted by atomic mass is 10.2. The highest BCUT2D eigenvalue weighted by Gasteiger charge is 2.15. The summed E-state index contributed by atoms with van der Waals surface area (Å²) in [6.07, 6.45) is 0.797. The fourth-order valence-electron chi connectivity index (χ4n) is 2.78. The Morgan fingerprint density at radius 3 is 2.32 bits per heavy atom. The zero-order chi connectivity index (χ0) is 22.1. The summed E-state index contributed by atoms with van der Waals surface area (Å²) in [6, 6.07) is 22.0. The van der Waals surface area contributed by atoms with Crippen LogP contribution in [-0.4, -0.2) is 28.0 Å². The van der Waals surface area contributed by atoms with E-state index < -0.39 is 10.0 Å². The van der Waals surface area contributed by atoms with Crippen molar-refractivity contribution in [1.82, 2.24) is 0 Å². The van der Waals surface area contributed by atoms with Gasteiger partial charge in [0.05, 0.1) is 18.6 Å². The SMILES string of the molecule is COc1ccc(NS(=O)(=O)c2cccc(NC(=O)CCCOc3ccccc3)c2)cc1. The number of amides is 1. The maximum atomic E-state index is 12.7. The lowest BCUT2D eigenvalue weighted by Crippen LogP contribution is -2.15. The van der Waals surface area contributed by atoms with Crippen LogP contribution < -0.4 is 19.5 Å². The molecule has 0 aromatic heterocycles. The van der Waals surface area contributed by atoms with E-state index in [-0.39, 0.29) is 17.2 Å². The van der Waals surface area contributed by atoms with Crippen molar-refractivity contribution in [1.29, 1.82) is 0 Å². The molecule has 2 N–H and O–H groups in total. The van der Waals surface area contributed by atoms with Crippen LogP contribution in [0, 0.1) is 0 Å². The number of benzene rings is 3. The number of ether oxygens (including phenoxy) is 2. The predicted octanol–water partition coefficient (Wildman–Crippen LogP) is 4.29. The molecule has 0 saturated carbocycles. The topological polar surface area (TPSA) is 93.7 Å². The fourth-order valence-corrected chi connectivity index (χ4v) is 3.88. The summed E-state index contributed by atoms with van der Waals surface area (Å²) < 4.78 is 38.5. The van der Waals surface area contributed by atoms with E-state index in [1.807, 2.05) is 30.3 Å². The third kappa shape index (κ3) is 6.75. The molecular weight excluding hydrogens is 416 g/mol. The Morgan fingerprint density at radius 2 is 1.61 bits per heavy atom. The molecular formula is C23H24N2O5S. The highest BCUT2D eigenvalue weighted by molar-refractivity contribution is 7.92. The molecule has 0 aliphatic rings. The van der Waals surface area contributed by atoms with E-state index >= 15 is 0 Å². The molecule has 31 heavy (non-hydrogen) atoms. The number of carbonyl (C=O) groups is 1. The first-order valence-corrected chi connectivity index (χ1v) is 11.2. The van der Waals surface area contributed by atoms with E-state index in [1.165, 1.54) is 19.2 Å². The Hall–Kier alpha value is -3.52. The molecule has 0 atom stereocenters. The number of sulfonamides is 1. The van der Waals surface area contributed by atoms with Gasteiger partial charge in [0, 0.05) is 17.8 Å². The second kappa shape index (κ2) is 10.5. The number of carbonyl (C=O) groups excluding carboxylic acids is 1. The maximum absolute atomic E-state index is 12.7. The molecule has 0 unspecified atom stereocenters. The minimum absolute atomic E-state index is 0.0496. The van der Waals surface area contributed by atoms with Gasteiger partial charge in [-0.2, -0.15) is 0 Å². The molecule has 162 valence electrons. The average molecular weight is 441 g/mol. The first-order valence-electron chi connectivity index (χ1n) is 9.71. The molecule has 0 radical (unpaired) electrons. The van der Waals surface area contributed by atoms with Crippen molar-refractivity contribution in [3.8, 4) is 11.5 Å². The van der Waals surface area contributed by atoms with Crippen LogP contribution >= 0.6 is 0 Å². The van der Waals surface area contributed by atoms with Gasteiger partial charge in [0.1, 0.15) is 11.5 Å². The van der Waals surface area contributed by atoms with Gasteiger partial charge in [-0.05, 0) is 61.0 Å². The van der Waals surface area contributed by atoms with Gasteiger partial charge < -0.3 is 14.8 Å². The molecule has 0 aliphatic carbocycles. The first-order chi connectivity index (χ1) is 15.0. The van der Waals surface area contributed by atoms with Crippen molar-refractivity contribution >= 4 is 27.3 Å². The van der Waals surface area contributed by atoms with Gasteiger partial charge in [0.2, 0.25) is 5.91 Å². The zero-order valence-corrected chi connectivity index (χ0v) is 17.9. The molecule has 3 rings (SSSR count). The lowest BCUT2D eigenvalue weighted by Gasteiger charge is -2.11. The van der Waals surface area contributed by atoms with Crippen LogP contribution in [0.15, 0.2) is 83.8 Å². The molecule has 1 amide bonds. The lowest BCUT2D eigenvalue weighted by molar-refractivity contribution is -0.116. The summed E-state index contributed by atoms with van der Waals surface area (Å²) in [7, 11) is -2.27. The highest BCUT2D eigenvalue weighted by atomic mass is 32.2. The Balaban J connectivity index is 1.54. The summed E-state index contributed by atoms with van der Waals surface area (Å²) in [6.45, 7) is 0.414. The first kappa shape index (κ1) is 22.2. The number of rotatable bonds is 10. The Bertz CT molecular complexity index is 1100. The second-order valence-electron chi connectivity index (χ2n) is 6.68. The fraction of sp³-hybridized carbons (Fsp3) is 0.174. The third-order valence-corrected chi connectivity index (χ3v) is 5.71. The normalized spacial score (nSPS) is 10.9. The summed E-state index contributed by atoms with van der Waals surface area (Å²) in [5.41, 5.74) is 0.820. The zero-order valence-electron chi connectivity index (χ0n) is 17.1. The highest BCUT2D eigenvalue weighted by Crippen LogP contribution is 2.21. The van der Waals surface area contributed by atoms with Crippen molar-refractivity contribution in [3.05, 3.63) is 78.9 Å². The number of methoxy groups -OCH3 is 1. The Morgan fingerprint density at radius 1 is 0.871 bits per heavy atom. The minimum atomic E-state index is -3.80. The van der Waals surface area contributed by atoms with E-state index in [9.17, 15) is 13.2 Å². The minimum Gasteiger partial charge on any atom is -0.497 e. The summed E-state index contributed by atoms with van der Waals surface area (Å²) >= 11 is 0. The van der Waals surface area contributed by atoms with Crippen LogP contribution in [0.25, 0.3) is 0 Å². The number of hydrogen-bond acceptors (Lipinski definition) is 5. The molecule has 0 spiro atoms. The monoisotopic (exact) mass is 440 g/mol. The second-order valence-corrected chi connectivity index (χ2v) is 8.36. The van der Waals surface area contributed by atoms with Gasteiger partial charge in [-0.3, -0.25) is 9.52 Å². The van der Waals surface area contributed by atoms with Gasteiger partial charge in [0.15, 0.2) is 0 Å². The van der Waals surface area contributed by atoms with Crippen LogP contribution in [0.3, 0.4) is 0 Å². The number of hydrogen-bond donors (Lipinski definition) is 2. The standard InChI is InChI=1S/C23H24N2O5S/c1-29-20-14-12-18(13-15-20)25-31(27,28)22-10-5-7-19(17-22)24-23(26)11-6-16-30-21-8-3-2-4-9-21/h2-5,7-10,12-15,17,25H,6,11,16H2,1H3,(H,24,26). The van der Waals surface area contributed by atoms with Crippen molar-refractivity contribution in [2.24, 2.45) is 0 Å². The number of anilines is 2. The third-order valence-electron chi connectivity index (χ3n) is 4.33. The summed E-state index contributed by atoms with van der Waals surface area (Å²) in [5, 5.41) is 2.73. The van der Waals surface area contributed by atoms with Crippen LogP contribution in [0.5, 0.6) is 11.5 Å². The largest absolute Gasteiger partial charge is 0.497 e. The van der Waals surface area contributed by atoms with Crippen LogP contribution in [0.1, 0.15) is 12.8 Å². The number of nitrogens with one attached hydrogen (secondary N) is 2. The molecule has 7 nitrogen and oxygen atoms in total. The predicted molar refractivity (Wildman–Crippen MR) is 120 cm³/mol. The molecule has 0 aliphatic heterocycles. The van der Waals surface area contributed by atoms with Gasteiger partial charge in [-0.1, -0.05) is 24.3 Å². The quantitative estimate of drug-likeness (QED) is 0.459. The van der Waals surface area contributed by atoms with E-state index in [1.54, 1.807) is 36.4 Å². The summed E-state index contributed by atoms with van der Waals surface area (Å²) in [5.74, 6) is 1.17. The van der Waals surface area contributed by atoms with Crippen molar-refractivity contribution in [3.63, 3.8) is 0 Å². The van der Waals surface area contributed by atoms with Crippen LogP contribution in [-0.2, 0) is 14.8 Å². The molecule has 0 bridgehead atoms. The van der Waals surface area contributed by atoms with Crippen LogP contribution in [0.2, 0.25) is 0 Å². The molecule has 3 aromatic rings. The van der Waals surface area contributed by atoms with Gasteiger partial charge in [-0.25, -0.2) is 8.42 Å². The van der Waals surface area contributed by atoms with Crippen molar-refractivity contribution in [2.45, 2.75) is 17.7 Å². The molecule has 0 saturated heterocycles. The maximum Gasteiger partial charge on any atom is 0.261 e. The average Bonchev–Trinajstić information content (AvgIpc) is 2.78. The molecule has 3 aromatic carbocycles. The molecule has 0 heterocycles. The molecule has 8 heteroatoms. The van der Waals surface area contributed by atoms with E-state index in [0.717, 1.165) is 5.75 Å². The Kier molecular flexibility index (Phi) is 7.50. The van der Waals surface area contributed by atoms with E-state index in [2.05, 4.69) is 10.0 Å². The Labute approximate surface area is 182 Å². The van der Waals surface area contributed by atoms with E-state index in [0.29, 0.717) is 30.2 Å². The van der Waals surface area contributed by atoms with Gasteiger partial charge >= 0.3 is 0 Å². The summed E-state index contributed by atoms with van der Waals surface area (Å²) in [4.78, 5) is 12.2. The van der Waals surface area contributed by atoms with Crippen molar-refractivity contribution in [2.75, 3.05) is 23.8 Å². The van der Waals surface area contributed by atoms with Gasteiger partial charge in [-0.15, -0.1) is 0 Å². The molecule has 0 fully saturated rings. The smallest absolute Gasteiger partial charge is 0.261 e. The number of para-hydroxylation sites is 1. The van der Waals surface area contributed by atoms with Gasteiger partial charge in [0.25, 0.3) is 10.0 Å². The van der Waals surface area contributed by atoms with Crippen LogP contribution in [0.4, 0.5) is 11.4 Å².